The van der Waals surface area contributed by atoms with Crippen molar-refractivity contribution < 1.29 is 9.59 Å². The molecule has 0 radical (unpaired) electrons. The molecule has 27 heavy (non-hydrogen) atoms. The molecule has 1 atom stereocenters. The molecule has 1 aliphatic heterocycles. The zero-order chi connectivity index (χ0) is 19.6. The number of rotatable bonds is 9. The molecule has 0 spiro atoms. The molecule has 1 unspecified atom stereocenters. The first kappa shape index (κ1) is 21.4. The minimum Gasteiger partial charge on any atom is -0.355 e. The van der Waals surface area contributed by atoms with Gasteiger partial charge in [0.25, 0.3) is 0 Å². The summed E-state index contributed by atoms with van der Waals surface area (Å²) in [7, 11) is 0. The second-order valence-corrected chi connectivity index (χ2v) is 7.39. The minimum absolute atomic E-state index is 0.0568. The van der Waals surface area contributed by atoms with E-state index in [0.717, 1.165) is 51.1 Å². The van der Waals surface area contributed by atoms with Gasteiger partial charge in [0.05, 0.1) is 12.6 Å². The van der Waals surface area contributed by atoms with Crippen LogP contribution in [0.4, 0.5) is 0 Å². The van der Waals surface area contributed by atoms with E-state index in [1.165, 1.54) is 5.56 Å². The number of carbonyl (C=O) groups excluding carboxylic acids is 2. The average molecular weight is 375 g/mol. The van der Waals surface area contributed by atoms with Gasteiger partial charge in [-0.05, 0) is 25.8 Å². The maximum absolute atomic E-state index is 12.5. The normalized spacial score (nSPS) is 16.7. The van der Waals surface area contributed by atoms with Crippen molar-refractivity contribution in [1.29, 1.82) is 0 Å². The fourth-order valence-electron chi connectivity index (χ4n) is 3.18. The van der Waals surface area contributed by atoms with E-state index >= 15 is 0 Å². The quantitative estimate of drug-likeness (QED) is 0.644. The highest BCUT2D eigenvalue weighted by Crippen LogP contribution is 2.08. The molecule has 0 saturated carbocycles. The molecule has 1 saturated heterocycles. The van der Waals surface area contributed by atoms with Gasteiger partial charge in [-0.2, -0.15) is 0 Å². The molecule has 150 valence electrons. The van der Waals surface area contributed by atoms with Crippen LogP contribution >= 0.6 is 0 Å². The first-order valence-electron chi connectivity index (χ1n) is 10.1. The molecular weight excluding hydrogens is 340 g/mol. The Morgan fingerprint density at radius 3 is 2.37 bits per heavy atom. The number of benzene rings is 1. The van der Waals surface area contributed by atoms with Gasteiger partial charge in [0, 0.05) is 39.3 Å². The molecule has 1 aromatic carbocycles. The fraction of sp³-hybridized carbons (Fsp3) is 0.619. The van der Waals surface area contributed by atoms with Gasteiger partial charge in [0.2, 0.25) is 11.8 Å². The van der Waals surface area contributed by atoms with Gasteiger partial charge in [-0.25, -0.2) is 0 Å². The van der Waals surface area contributed by atoms with Crippen LogP contribution in [-0.4, -0.2) is 66.9 Å². The number of nitrogens with zero attached hydrogens (tertiary/aromatic N) is 2. The summed E-state index contributed by atoms with van der Waals surface area (Å²) >= 11 is 0. The molecular formula is C21H34N4O2. The van der Waals surface area contributed by atoms with Crippen molar-refractivity contribution in [2.24, 2.45) is 0 Å². The Bertz CT molecular complexity index is 595. The van der Waals surface area contributed by atoms with Crippen LogP contribution in [-0.2, 0) is 16.1 Å². The number of hydrogen-bond acceptors (Lipinski definition) is 4. The van der Waals surface area contributed by atoms with Crippen molar-refractivity contribution in [2.75, 3.05) is 39.3 Å². The van der Waals surface area contributed by atoms with Crippen LogP contribution < -0.4 is 10.6 Å². The van der Waals surface area contributed by atoms with E-state index in [2.05, 4.69) is 46.4 Å². The van der Waals surface area contributed by atoms with Crippen molar-refractivity contribution in [3.8, 4) is 0 Å². The predicted octanol–water partition coefficient (Wildman–Crippen LogP) is 1.53. The van der Waals surface area contributed by atoms with E-state index in [4.69, 9.17) is 0 Å². The van der Waals surface area contributed by atoms with E-state index in [-0.39, 0.29) is 17.9 Å². The largest absolute Gasteiger partial charge is 0.355 e. The van der Waals surface area contributed by atoms with E-state index in [0.29, 0.717) is 13.1 Å². The summed E-state index contributed by atoms with van der Waals surface area (Å²) < 4.78 is 0. The lowest BCUT2D eigenvalue weighted by Crippen LogP contribution is -2.55. The molecule has 2 N–H and O–H groups in total. The molecule has 0 aliphatic carbocycles. The lowest BCUT2D eigenvalue weighted by Gasteiger charge is -2.37. The predicted molar refractivity (Wildman–Crippen MR) is 108 cm³/mol. The van der Waals surface area contributed by atoms with E-state index in [1.807, 2.05) is 19.1 Å². The smallest absolute Gasteiger partial charge is 0.237 e. The van der Waals surface area contributed by atoms with Gasteiger partial charge >= 0.3 is 0 Å². The van der Waals surface area contributed by atoms with Crippen molar-refractivity contribution in [3.05, 3.63) is 35.4 Å². The molecule has 6 nitrogen and oxygen atoms in total. The van der Waals surface area contributed by atoms with E-state index < -0.39 is 0 Å². The zero-order valence-electron chi connectivity index (χ0n) is 17.0. The Balaban J connectivity index is 1.68. The summed E-state index contributed by atoms with van der Waals surface area (Å²) in [6, 6.07) is 8.05. The Morgan fingerprint density at radius 2 is 1.74 bits per heavy atom. The van der Waals surface area contributed by atoms with Crippen molar-refractivity contribution in [2.45, 2.75) is 46.2 Å². The molecule has 1 aliphatic rings. The molecule has 1 heterocycles. The van der Waals surface area contributed by atoms with Gasteiger partial charge in [-0.3, -0.25) is 19.4 Å². The standard InChI is InChI=1S/C21H34N4O2/c1-4-5-10-22-20(26)16-24-11-13-25(14-12-24)18(3)21(27)23-15-19-8-6-17(2)7-9-19/h6-9,18H,4-5,10-16H2,1-3H3,(H,22,26)(H,23,27). The van der Waals surface area contributed by atoms with Gasteiger partial charge in [0.1, 0.15) is 0 Å². The van der Waals surface area contributed by atoms with Crippen molar-refractivity contribution >= 4 is 11.8 Å². The number of carbonyl (C=O) groups is 2. The van der Waals surface area contributed by atoms with Gasteiger partial charge in [-0.1, -0.05) is 43.2 Å². The number of piperazine rings is 1. The Morgan fingerprint density at radius 1 is 1.07 bits per heavy atom. The number of hydrogen-bond donors (Lipinski definition) is 2. The first-order valence-corrected chi connectivity index (χ1v) is 10.1. The highest BCUT2D eigenvalue weighted by molar-refractivity contribution is 5.81. The third kappa shape index (κ3) is 7.31. The van der Waals surface area contributed by atoms with Gasteiger partial charge in [-0.15, -0.1) is 0 Å². The maximum Gasteiger partial charge on any atom is 0.237 e. The van der Waals surface area contributed by atoms with Crippen LogP contribution in [0.25, 0.3) is 0 Å². The maximum atomic E-state index is 12.5. The summed E-state index contributed by atoms with van der Waals surface area (Å²) in [5.74, 6) is 0.155. The summed E-state index contributed by atoms with van der Waals surface area (Å²) in [4.78, 5) is 28.7. The fourth-order valence-corrected chi connectivity index (χ4v) is 3.18. The van der Waals surface area contributed by atoms with Crippen LogP contribution in [0.2, 0.25) is 0 Å². The highest BCUT2D eigenvalue weighted by atomic mass is 16.2. The molecule has 1 aromatic rings. The third-order valence-corrected chi connectivity index (χ3v) is 5.14. The topological polar surface area (TPSA) is 64.7 Å². The number of unbranched alkanes of at least 4 members (excludes halogenated alkanes) is 1. The SMILES string of the molecule is CCCCNC(=O)CN1CCN(C(C)C(=O)NCc2ccc(C)cc2)CC1. The number of nitrogens with one attached hydrogen (secondary N) is 2. The van der Waals surface area contributed by atoms with Crippen LogP contribution in [0.3, 0.4) is 0 Å². The van der Waals surface area contributed by atoms with Crippen LogP contribution in [0, 0.1) is 6.92 Å². The van der Waals surface area contributed by atoms with E-state index in [9.17, 15) is 9.59 Å². The molecule has 0 bridgehead atoms. The third-order valence-electron chi connectivity index (χ3n) is 5.14. The zero-order valence-corrected chi connectivity index (χ0v) is 17.0. The molecule has 0 aromatic heterocycles. The Hall–Kier alpha value is -1.92. The summed E-state index contributed by atoms with van der Waals surface area (Å²) in [5.41, 5.74) is 2.33. The Kier molecular flexibility index (Phi) is 8.75. The molecule has 6 heteroatoms. The summed E-state index contributed by atoms with van der Waals surface area (Å²) in [6.07, 6.45) is 2.11. The van der Waals surface area contributed by atoms with Crippen molar-refractivity contribution in [1.82, 2.24) is 20.4 Å². The molecule has 2 amide bonds. The first-order chi connectivity index (χ1) is 13.0. The van der Waals surface area contributed by atoms with Crippen LogP contribution in [0.15, 0.2) is 24.3 Å². The van der Waals surface area contributed by atoms with E-state index in [1.54, 1.807) is 0 Å². The second kappa shape index (κ2) is 11.0. The Labute approximate surface area is 163 Å². The summed E-state index contributed by atoms with van der Waals surface area (Å²) in [6.45, 7) is 11.1. The lowest BCUT2D eigenvalue weighted by atomic mass is 10.1. The number of amides is 2. The molecule has 1 fully saturated rings. The van der Waals surface area contributed by atoms with Gasteiger partial charge < -0.3 is 10.6 Å². The summed E-state index contributed by atoms with van der Waals surface area (Å²) in [5, 5.41) is 5.99. The number of aryl methyl sites for hydroxylation is 1. The van der Waals surface area contributed by atoms with Crippen LogP contribution in [0.5, 0.6) is 0 Å². The monoisotopic (exact) mass is 374 g/mol. The van der Waals surface area contributed by atoms with Crippen LogP contribution in [0.1, 0.15) is 37.8 Å². The van der Waals surface area contributed by atoms with Crippen molar-refractivity contribution in [3.63, 3.8) is 0 Å². The second-order valence-electron chi connectivity index (χ2n) is 7.39. The molecule has 2 rings (SSSR count). The van der Waals surface area contributed by atoms with Gasteiger partial charge in [0.15, 0.2) is 0 Å². The average Bonchev–Trinajstić information content (AvgIpc) is 2.67. The minimum atomic E-state index is -0.157. The highest BCUT2D eigenvalue weighted by Gasteiger charge is 2.26. The lowest BCUT2D eigenvalue weighted by molar-refractivity contribution is -0.128.